The van der Waals surface area contributed by atoms with Crippen LogP contribution in [-0.4, -0.2) is 61.0 Å². The Labute approximate surface area is 104 Å². The summed E-state index contributed by atoms with van der Waals surface area (Å²) in [5, 5.41) is 3.46. The molecule has 0 radical (unpaired) electrons. The smallest absolute Gasteiger partial charge is 0.236 e. The third kappa shape index (κ3) is 3.42. The Morgan fingerprint density at radius 3 is 2.35 bits per heavy atom. The first-order valence-corrected chi connectivity index (χ1v) is 6.80. The van der Waals surface area contributed by atoms with Crippen LogP contribution in [0.3, 0.4) is 0 Å². The lowest BCUT2D eigenvalue weighted by Crippen LogP contribution is -2.52. The standard InChI is InChI=1S/C13H25N3O/c1-13(5-3-4-6-13)14-11-12(17)16-9-7-15(2)8-10-16/h14H,3-11H2,1-2H3. The number of amides is 1. The fourth-order valence-electron chi connectivity index (χ4n) is 2.79. The van der Waals surface area contributed by atoms with E-state index in [1.165, 1.54) is 25.7 Å². The van der Waals surface area contributed by atoms with Crippen molar-refractivity contribution in [3.63, 3.8) is 0 Å². The highest BCUT2D eigenvalue weighted by Gasteiger charge is 2.29. The average Bonchev–Trinajstić information content (AvgIpc) is 2.75. The van der Waals surface area contributed by atoms with Gasteiger partial charge in [0.1, 0.15) is 0 Å². The van der Waals surface area contributed by atoms with Crippen LogP contribution in [0.4, 0.5) is 0 Å². The fourth-order valence-corrected chi connectivity index (χ4v) is 2.79. The number of likely N-dealkylation sites (N-methyl/N-ethyl adjacent to an activating group) is 1. The molecule has 0 aromatic rings. The molecule has 4 nitrogen and oxygen atoms in total. The molecule has 1 aliphatic heterocycles. The van der Waals surface area contributed by atoms with Crippen LogP contribution in [0.15, 0.2) is 0 Å². The Balaban J connectivity index is 1.73. The summed E-state index contributed by atoms with van der Waals surface area (Å²) < 4.78 is 0. The third-order valence-corrected chi connectivity index (χ3v) is 4.23. The minimum absolute atomic E-state index is 0.211. The van der Waals surface area contributed by atoms with E-state index in [9.17, 15) is 4.79 Å². The molecule has 0 aromatic carbocycles. The molecular weight excluding hydrogens is 214 g/mol. The molecule has 1 heterocycles. The van der Waals surface area contributed by atoms with E-state index in [-0.39, 0.29) is 11.4 Å². The van der Waals surface area contributed by atoms with Gasteiger partial charge in [0.2, 0.25) is 5.91 Å². The van der Waals surface area contributed by atoms with Gasteiger partial charge >= 0.3 is 0 Å². The first-order chi connectivity index (χ1) is 8.09. The summed E-state index contributed by atoms with van der Waals surface area (Å²) in [6.07, 6.45) is 5.02. The van der Waals surface area contributed by atoms with Crippen molar-refractivity contribution in [3.8, 4) is 0 Å². The molecule has 0 aromatic heterocycles. The minimum atomic E-state index is 0.211. The molecule has 1 saturated carbocycles. The normalized spacial score (nSPS) is 25.2. The Kier molecular flexibility index (Phi) is 4.05. The van der Waals surface area contributed by atoms with E-state index < -0.39 is 0 Å². The zero-order valence-electron chi connectivity index (χ0n) is 11.2. The van der Waals surface area contributed by atoms with Crippen LogP contribution >= 0.6 is 0 Å². The largest absolute Gasteiger partial charge is 0.339 e. The fraction of sp³-hybridized carbons (Fsp3) is 0.923. The lowest BCUT2D eigenvalue weighted by Gasteiger charge is -2.33. The molecule has 2 rings (SSSR count). The number of rotatable bonds is 3. The number of carbonyl (C=O) groups excluding carboxylic acids is 1. The van der Waals surface area contributed by atoms with Gasteiger partial charge in [-0.3, -0.25) is 4.79 Å². The summed E-state index contributed by atoms with van der Waals surface area (Å²) in [7, 11) is 2.11. The summed E-state index contributed by atoms with van der Waals surface area (Å²) >= 11 is 0. The second-order valence-corrected chi connectivity index (χ2v) is 5.81. The van der Waals surface area contributed by atoms with Crippen LogP contribution in [0, 0.1) is 0 Å². The monoisotopic (exact) mass is 239 g/mol. The second kappa shape index (κ2) is 5.36. The van der Waals surface area contributed by atoms with Crippen LogP contribution in [0.25, 0.3) is 0 Å². The molecule has 1 amide bonds. The quantitative estimate of drug-likeness (QED) is 0.787. The van der Waals surface area contributed by atoms with Crippen LogP contribution < -0.4 is 5.32 Å². The summed E-state index contributed by atoms with van der Waals surface area (Å²) in [5.41, 5.74) is 0.211. The van der Waals surface area contributed by atoms with Crippen molar-refractivity contribution in [2.24, 2.45) is 0 Å². The molecule has 4 heteroatoms. The Bertz CT molecular complexity index is 266. The van der Waals surface area contributed by atoms with E-state index in [2.05, 4.69) is 24.2 Å². The van der Waals surface area contributed by atoms with Crippen molar-refractivity contribution in [1.29, 1.82) is 0 Å². The Hall–Kier alpha value is -0.610. The van der Waals surface area contributed by atoms with Gasteiger partial charge in [0.15, 0.2) is 0 Å². The zero-order chi connectivity index (χ0) is 12.3. The molecule has 1 saturated heterocycles. The van der Waals surface area contributed by atoms with Crippen molar-refractivity contribution in [3.05, 3.63) is 0 Å². The molecule has 98 valence electrons. The van der Waals surface area contributed by atoms with Crippen LogP contribution in [0.1, 0.15) is 32.6 Å². The van der Waals surface area contributed by atoms with E-state index in [0.717, 1.165) is 26.2 Å². The molecule has 1 N–H and O–H groups in total. The molecule has 0 unspecified atom stereocenters. The van der Waals surface area contributed by atoms with E-state index in [1.54, 1.807) is 0 Å². The molecule has 0 bridgehead atoms. The lowest BCUT2D eigenvalue weighted by atomic mass is 10.0. The van der Waals surface area contributed by atoms with E-state index in [4.69, 9.17) is 0 Å². The van der Waals surface area contributed by atoms with Gasteiger partial charge in [-0.2, -0.15) is 0 Å². The maximum Gasteiger partial charge on any atom is 0.236 e. The first kappa shape index (κ1) is 12.8. The number of piperazine rings is 1. The Morgan fingerprint density at radius 1 is 1.18 bits per heavy atom. The maximum absolute atomic E-state index is 12.0. The van der Waals surface area contributed by atoms with Crippen molar-refractivity contribution in [2.45, 2.75) is 38.1 Å². The lowest BCUT2D eigenvalue weighted by molar-refractivity contribution is -0.132. The molecule has 2 fully saturated rings. The van der Waals surface area contributed by atoms with Crippen molar-refractivity contribution in [2.75, 3.05) is 39.8 Å². The highest BCUT2D eigenvalue weighted by Crippen LogP contribution is 2.28. The van der Waals surface area contributed by atoms with Gasteiger partial charge in [0.05, 0.1) is 6.54 Å². The maximum atomic E-state index is 12.0. The van der Waals surface area contributed by atoms with Gasteiger partial charge in [0.25, 0.3) is 0 Å². The van der Waals surface area contributed by atoms with Gasteiger partial charge in [-0.15, -0.1) is 0 Å². The molecular formula is C13H25N3O. The molecule has 0 spiro atoms. The predicted molar refractivity (Wildman–Crippen MR) is 69.0 cm³/mol. The minimum Gasteiger partial charge on any atom is -0.339 e. The summed E-state index contributed by atoms with van der Waals surface area (Å²) in [4.78, 5) is 16.3. The number of hydrogen-bond acceptors (Lipinski definition) is 3. The second-order valence-electron chi connectivity index (χ2n) is 5.81. The van der Waals surface area contributed by atoms with Gasteiger partial charge < -0.3 is 15.1 Å². The topological polar surface area (TPSA) is 35.6 Å². The van der Waals surface area contributed by atoms with Crippen molar-refractivity contribution in [1.82, 2.24) is 15.1 Å². The zero-order valence-corrected chi connectivity index (χ0v) is 11.2. The van der Waals surface area contributed by atoms with E-state index in [1.807, 2.05) is 4.90 Å². The molecule has 0 atom stereocenters. The first-order valence-electron chi connectivity index (χ1n) is 6.80. The van der Waals surface area contributed by atoms with Gasteiger partial charge in [-0.05, 0) is 26.8 Å². The van der Waals surface area contributed by atoms with Crippen molar-refractivity contribution < 1.29 is 4.79 Å². The van der Waals surface area contributed by atoms with Gasteiger partial charge in [-0.1, -0.05) is 12.8 Å². The SMILES string of the molecule is CN1CCN(C(=O)CNC2(C)CCCC2)CC1. The number of hydrogen-bond donors (Lipinski definition) is 1. The van der Waals surface area contributed by atoms with Crippen LogP contribution in [0.5, 0.6) is 0 Å². The number of nitrogens with one attached hydrogen (secondary N) is 1. The van der Waals surface area contributed by atoms with Gasteiger partial charge in [-0.25, -0.2) is 0 Å². The molecule has 17 heavy (non-hydrogen) atoms. The van der Waals surface area contributed by atoms with E-state index >= 15 is 0 Å². The van der Waals surface area contributed by atoms with Crippen LogP contribution in [0.2, 0.25) is 0 Å². The van der Waals surface area contributed by atoms with Crippen LogP contribution in [-0.2, 0) is 4.79 Å². The summed E-state index contributed by atoms with van der Waals surface area (Å²) in [6.45, 7) is 6.53. The highest BCUT2D eigenvalue weighted by atomic mass is 16.2. The number of carbonyl (C=O) groups is 1. The van der Waals surface area contributed by atoms with Crippen molar-refractivity contribution >= 4 is 5.91 Å². The molecule has 1 aliphatic carbocycles. The number of nitrogens with zero attached hydrogens (tertiary/aromatic N) is 2. The highest BCUT2D eigenvalue weighted by molar-refractivity contribution is 5.78. The summed E-state index contributed by atoms with van der Waals surface area (Å²) in [6, 6.07) is 0. The third-order valence-electron chi connectivity index (χ3n) is 4.23. The Morgan fingerprint density at radius 2 is 1.76 bits per heavy atom. The molecule has 2 aliphatic rings. The van der Waals surface area contributed by atoms with Gasteiger partial charge in [0, 0.05) is 31.7 Å². The average molecular weight is 239 g/mol. The summed E-state index contributed by atoms with van der Waals surface area (Å²) in [5.74, 6) is 0.270. The van der Waals surface area contributed by atoms with E-state index in [0.29, 0.717) is 6.54 Å². The predicted octanol–water partition coefficient (Wildman–Crippen LogP) is 0.683.